The van der Waals surface area contributed by atoms with Gasteiger partial charge in [-0.1, -0.05) is 29.4 Å². The molecule has 1 amide bonds. The Morgan fingerprint density at radius 1 is 1.06 bits per heavy atom. The van der Waals surface area contributed by atoms with E-state index in [4.69, 9.17) is 25.8 Å². The van der Waals surface area contributed by atoms with Crippen molar-refractivity contribution in [2.24, 2.45) is 7.05 Å². The van der Waals surface area contributed by atoms with Crippen molar-refractivity contribution < 1.29 is 28.6 Å². The lowest BCUT2D eigenvalue weighted by molar-refractivity contribution is -0.113. The second-order valence-corrected chi connectivity index (χ2v) is 8.62. The molecule has 0 saturated heterocycles. The van der Waals surface area contributed by atoms with Gasteiger partial charge in [-0.15, -0.1) is 10.2 Å². The van der Waals surface area contributed by atoms with Crippen LogP contribution < -0.4 is 10.1 Å². The SMILES string of the molecule is COC(=O)c1cc(NC(=O)CSc2nnc(C(C)Oc3cccc(Cl)c3)n2C)cc(C(=O)OC)c1. The summed E-state index contributed by atoms with van der Waals surface area (Å²) in [5, 5.41) is 12.1. The quantitative estimate of drug-likeness (QED) is 0.332. The Balaban J connectivity index is 1.65. The van der Waals surface area contributed by atoms with Crippen LogP contribution in [-0.4, -0.2) is 52.6 Å². The number of thioether (sulfide) groups is 1. The van der Waals surface area contributed by atoms with Crippen molar-refractivity contribution in [1.29, 1.82) is 0 Å². The zero-order valence-electron chi connectivity index (χ0n) is 19.4. The van der Waals surface area contributed by atoms with Crippen molar-refractivity contribution in [2.75, 3.05) is 25.3 Å². The standard InChI is InChI=1S/C23H23ClN4O6S/c1-13(34-18-7-5-6-16(24)11-18)20-26-27-23(28(20)2)35-12-19(29)25-17-9-14(21(30)32-3)8-15(10-17)22(31)33-4/h5-11,13H,12H2,1-4H3,(H,25,29). The van der Waals surface area contributed by atoms with Gasteiger partial charge in [-0.3, -0.25) is 4.79 Å². The Bertz CT molecular complexity index is 1210. The first kappa shape index (κ1) is 26.0. The number of nitrogens with one attached hydrogen (secondary N) is 1. The molecule has 2 aromatic carbocycles. The minimum absolute atomic E-state index is 0.00547. The van der Waals surface area contributed by atoms with Crippen molar-refractivity contribution in [1.82, 2.24) is 14.8 Å². The number of esters is 2. The summed E-state index contributed by atoms with van der Waals surface area (Å²) < 4.78 is 17.0. The minimum Gasteiger partial charge on any atom is -0.483 e. The van der Waals surface area contributed by atoms with Crippen molar-refractivity contribution >= 4 is 46.9 Å². The smallest absolute Gasteiger partial charge is 0.337 e. The summed E-state index contributed by atoms with van der Waals surface area (Å²) in [4.78, 5) is 36.4. The fraction of sp³-hybridized carbons (Fsp3) is 0.261. The molecule has 10 nitrogen and oxygen atoms in total. The maximum atomic E-state index is 12.6. The highest BCUT2D eigenvalue weighted by Crippen LogP contribution is 2.25. The molecule has 0 radical (unpaired) electrons. The molecule has 1 aromatic heterocycles. The lowest BCUT2D eigenvalue weighted by Gasteiger charge is -2.14. The minimum atomic E-state index is -0.652. The van der Waals surface area contributed by atoms with E-state index in [-0.39, 0.29) is 28.5 Å². The second-order valence-electron chi connectivity index (χ2n) is 7.24. The van der Waals surface area contributed by atoms with Gasteiger partial charge in [0.15, 0.2) is 17.1 Å². The van der Waals surface area contributed by atoms with Gasteiger partial charge in [0.2, 0.25) is 5.91 Å². The zero-order chi connectivity index (χ0) is 25.5. The van der Waals surface area contributed by atoms with E-state index in [1.54, 1.807) is 35.9 Å². The molecule has 1 unspecified atom stereocenters. The number of rotatable bonds is 9. The molecule has 0 spiro atoms. The molecule has 35 heavy (non-hydrogen) atoms. The summed E-state index contributed by atoms with van der Waals surface area (Å²) in [7, 11) is 4.21. The van der Waals surface area contributed by atoms with Gasteiger partial charge in [0.05, 0.1) is 31.1 Å². The fourth-order valence-corrected chi connectivity index (χ4v) is 4.00. The topological polar surface area (TPSA) is 122 Å². The second kappa shape index (κ2) is 11.7. The van der Waals surface area contributed by atoms with Crippen LogP contribution in [0.4, 0.5) is 5.69 Å². The number of amides is 1. The Kier molecular flexibility index (Phi) is 8.72. The normalized spacial score (nSPS) is 11.5. The van der Waals surface area contributed by atoms with Gasteiger partial charge in [0.25, 0.3) is 0 Å². The Morgan fingerprint density at radius 2 is 1.71 bits per heavy atom. The van der Waals surface area contributed by atoms with E-state index < -0.39 is 18.0 Å². The number of carbonyl (C=O) groups is 3. The van der Waals surface area contributed by atoms with Crippen LogP contribution in [0.3, 0.4) is 0 Å². The summed E-state index contributed by atoms with van der Waals surface area (Å²) in [6.07, 6.45) is -0.410. The highest BCUT2D eigenvalue weighted by Gasteiger charge is 2.19. The van der Waals surface area contributed by atoms with Gasteiger partial charge in [0.1, 0.15) is 5.75 Å². The molecule has 0 aliphatic carbocycles. The number of hydrogen-bond donors (Lipinski definition) is 1. The fourth-order valence-electron chi connectivity index (χ4n) is 3.10. The predicted octanol–water partition coefficient (Wildman–Crippen LogP) is 3.91. The van der Waals surface area contributed by atoms with Crippen LogP contribution in [0.2, 0.25) is 5.02 Å². The third kappa shape index (κ3) is 6.74. The Morgan fingerprint density at radius 3 is 2.31 bits per heavy atom. The van der Waals surface area contributed by atoms with Crippen LogP contribution in [0.25, 0.3) is 0 Å². The molecule has 0 aliphatic rings. The predicted molar refractivity (Wildman–Crippen MR) is 130 cm³/mol. The number of halogens is 1. The molecule has 0 fully saturated rings. The van der Waals surface area contributed by atoms with Crippen LogP contribution in [0, 0.1) is 0 Å². The summed E-state index contributed by atoms with van der Waals surface area (Å²) in [5.74, 6) is -0.502. The maximum Gasteiger partial charge on any atom is 0.337 e. The number of methoxy groups -OCH3 is 2. The molecular weight excluding hydrogens is 496 g/mol. The van der Waals surface area contributed by atoms with Crippen molar-refractivity contribution in [3.8, 4) is 5.75 Å². The average Bonchev–Trinajstić information content (AvgIpc) is 3.21. The number of aromatic nitrogens is 3. The number of hydrogen-bond acceptors (Lipinski definition) is 9. The summed E-state index contributed by atoms with van der Waals surface area (Å²) in [6.45, 7) is 1.83. The van der Waals surface area contributed by atoms with E-state index in [2.05, 4.69) is 15.5 Å². The monoisotopic (exact) mass is 518 g/mol. The molecule has 0 bridgehead atoms. The van der Waals surface area contributed by atoms with E-state index in [1.807, 2.05) is 6.92 Å². The van der Waals surface area contributed by atoms with Gasteiger partial charge in [-0.25, -0.2) is 9.59 Å². The molecule has 3 rings (SSSR count). The highest BCUT2D eigenvalue weighted by molar-refractivity contribution is 7.99. The first-order valence-corrected chi connectivity index (χ1v) is 11.6. The summed E-state index contributed by atoms with van der Waals surface area (Å²) in [5.41, 5.74) is 0.455. The van der Waals surface area contributed by atoms with Crippen molar-refractivity contribution in [3.05, 3.63) is 64.4 Å². The van der Waals surface area contributed by atoms with E-state index >= 15 is 0 Å². The van der Waals surface area contributed by atoms with Crippen LogP contribution in [-0.2, 0) is 21.3 Å². The van der Waals surface area contributed by atoms with E-state index in [0.717, 1.165) is 0 Å². The van der Waals surface area contributed by atoms with Gasteiger partial charge in [-0.2, -0.15) is 0 Å². The highest BCUT2D eigenvalue weighted by atomic mass is 35.5. The third-order valence-electron chi connectivity index (χ3n) is 4.73. The van der Waals surface area contributed by atoms with Gasteiger partial charge >= 0.3 is 11.9 Å². The molecule has 184 valence electrons. The number of anilines is 1. The van der Waals surface area contributed by atoms with Crippen molar-refractivity contribution in [2.45, 2.75) is 18.2 Å². The van der Waals surface area contributed by atoms with Crippen LogP contribution in [0.15, 0.2) is 47.6 Å². The number of nitrogens with zero attached hydrogens (tertiary/aromatic N) is 3. The third-order valence-corrected chi connectivity index (χ3v) is 5.99. The summed E-state index contributed by atoms with van der Waals surface area (Å²) in [6, 6.07) is 11.2. The van der Waals surface area contributed by atoms with Gasteiger partial charge in [-0.05, 0) is 43.3 Å². The van der Waals surface area contributed by atoms with Gasteiger partial charge in [0, 0.05) is 17.8 Å². The molecule has 1 atom stereocenters. The van der Waals surface area contributed by atoms with E-state index in [1.165, 1.54) is 44.2 Å². The number of carbonyl (C=O) groups excluding carboxylic acids is 3. The van der Waals surface area contributed by atoms with Crippen molar-refractivity contribution in [3.63, 3.8) is 0 Å². The first-order chi connectivity index (χ1) is 16.7. The van der Waals surface area contributed by atoms with E-state index in [9.17, 15) is 14.4 Å². The lowest BCUT2D eigenvalue weighted by Crippen LogP contribution is -2.16. The molecule has 1 N–H and O–H groups in total. The molecular formula is C23H23ClN4O6S. The number of ether oxygens (including phenoxy) is 3. The first-order valence-electron chi connectivity index (χ1n) is 10.3. The average molecular weight is 519 g/mol. The molecule has 12 heteroatoms. The molecule has 0 saturated carbocycles. The lowest BCUT2D eigenvalue weighted by atomic mass is 10.1. The van der Waals surface area contributed by atoms with Crippen LogP contribution >= 0.6 is 23.4 Å². The molecule has 1 heterocycles. The molecule has 0 aliphatic heterocycles. The molecule has 3 aromatic rings. The zero-order valence-corrected chi connectivity index (χ0v) is 21.0. The maximum absolute atomic E-state index is 12.6. The van der Waals surface area contributed by atoms with Gasteiger partial charge < -0.3 is 24.1 Å². The number of benzene rings is 2. The Hall–Kier alpha value is -3.57. The van der Waals surface area contributed by atoms with Crippen LogP contribution in [0.1, 0.15) is 39.6 Å². The van der Waals surface area contributed by atoms with Crippen LogP contribution in [0.5, 0.6) is 5.75 Å². The largest absolute Gasteiger partial charge is 0.483 e. The van der Waals surface area contributed by atoms with E-state index in [0.29, 0.717) is 21.8 Å². The Labute approximate surface area is 210 Å². The summed E-state index contributed by atoms with van der Waals surface area (Å²) >= 11 is 7.17.